The van der Waals surface area contributed by atoms with Crippen LogP contribution in [-0.4, -0.2) is 60.5 Å². The first-order chi connectivity index (χ1) is 9.00. The van der Waals surface area contributed by atoms with Crippen LogP contribution in [0.25, 0.3) is 0 Å². The van der Waals surface area contributed by atoms with E-state index in [2.05, 4.69) is 24.1 Å². The molecule has 0 unspecified atom stereocenters. The highest BCUT2D eigenvalue weighted by Gasteiger charge is 2.33. The van der Waals surface area contributed by atoms with Crippen LogP contribution in [0.5, 0.6) is 0 Å². The lowest BCUT2D eigenvalue weighted by molar-refractivity contribution is -0.134. The molecule has 1 saturated heterocycles. The van der Waals surface area contributed by atoms with Gasteiger partial charge in [-0.3, -0.25) is 9.69 Å². The Kier molecular flexibility index (Phi) is 4.85. The van der Waals surface area contributed by atoms with Crippen LogP contribution < -0.4 is 5.32 Å². The molecule has 0 spiro atoms. The summed E-state index contributed by atoms with van der Waals surface area (Å²) in [5.74, 6) is 0.315. The van der Waals surface area contributed by atoms with Gasteiger partial charge in [0.25, 0.3) is 0 Å². The molecule has 0 aromatic carbocycles. The van der Waals surface area contributed by atoms with Gasteiger partial charge >= 0.3 is 0 Å². The third-order valence-electron chi connectivity index (χ3n) is 4.82. The summed E-state index contributed by atoms with van der Waals surface area (Å²) < 4.78 is 0. The average molecular weight is 267 g/mol. The van der Waals surface area contributed by atoms with E-state index in [1.54, 1.807) is 0 Å². The number of carbonyl (C=O) groups is 1. The van der Waals surface area contributed by atoms with E-state index in [9.17, 15) is 4.79 Å². The quantitative estimate of drug-likeness (QED) is 0.837. The molecule has 110 valence electrons. The minimum Gasteiger partial charge on any atom is -0.343 e. The monoisotopic (exact) mass is 267 g/mol. The van der Waals surface area contributed by atoms with Gasteiger partial charge in [0.1, 0.15) is 0 Å². The van der Waals surface area contributed by atoms with Crippen molar-refractivity contribution in [3.8, 4) is 0 Å². The standard InChI is InChI=1S/C15H29N3O/c1-15(2,18-10-8-16-9-11-18)12-14(19)17(3)13-6-4-5-7-13/h13,16H,4-12H2,1-3H3. The minimum atomic E-state index is -0.0218. The summed E-state index contributed by atoms with van der Waals surface area (Å²) in [6, 6.07) is 0.492. The molecule has 0 aromatic rings. The van der Waals surface area contributed by atoms with Crippen LogP contribution in [0.2, 0.25) is 0 Å². The Morgan fingerprint density at radius 1 is 1.26 bits per heavy atom. The second-order valence-electron chi connectivity index (χ2n) is 6.67. The molecule has 4 heteroatoms. The molecular formula is C15H29N3O. The van der Waals surface area contributed by atoms with Gasteiger partial charge in [-0.25, -0.2) is 0 Å². The van der Waals surface area contributed by atoms with Gasteiger partial charge in [-0.05, 0) is 26.7 Å². The molecule has 1 aliphatic carbocycles. The summed E-state index contributed by atoms with van der Waals surface area (Å²) in [7, 11) is 1.99. The fraction of sp³-hybridized carbons (Fsp3) is 0.933. The number of hydrogen-bond acceptors (Lipinski definition) is 3. The van der Waals surface area contributed by atoms with Crippen molar-refractivity contribution in [2.75, 3.05) is 33.2 Å². The molecule has 0 bridgehead atoms. The van der Waals surface area contributed by atoms with Crippen LogP contribution in [-0.2, 0) is 4.79 Å². The fourth-order valence-corrected chi connectivity index (χ4v) is 3.37. The Morgan fingerprint density at radius 3 is 2.42 bits per heavy atom. The predicted molar refractivity (Wildman–Crippen MR) is 78.2 cm³/mol. The van der Waals surface area contributed by atoms with Crippen molar-refractivity contribution >= 4 is 5.91 Å². The summed E-state index contributed by atoms with van der Waals surface area (Å²) in [4.78, 5) is 16.9. The topological polar surface area (TPSA) is 35.6 Å². The first-order valence-electron chi connectivity index (χ1n) is 7.72. The van der Waals surface area contributed by atoms with Crippen molar-refractivity contribution in [1.82, 2.24) is 15.1 Å². The molecule has 1 heterocycles. The van der Waals surface area contributed by atoms with Gasteiger partial charge < -0.3 is 10.2 Å². The highest BCUT2D eigenvalue weighted by Crippen LogP contribution is 2.25. The van der Waals surface area contributed by atoms with Gasteiger partial charge in [-0.1, -0.05) is 12.8 Å². The average Bonchev–Trinajstić information content (AvgIpc) is 2.92. The summed E-state index contributed by atoms with van der Waals surface area (Å²) in [5, 5.41) is 3.37. The van der Waals surface area contributed by atoms with E-state index in [-0.39, 0.29) is 5.54 Å². The lowest BCUT2D eigenvalue weighted by Gasteiger charge is -2.41. The van der Waals surface area contributed by atoms with Crippen molar-refractivity contribution in [2.45, 2.75) is 57.5 Å². The number of nitrogens with one attached hydrogen (secondary N) is 1. The Balaban J connectivity index is 1.88. The van der Waals surface area contributed by atoms with Crippen LogP contribution in [0.15, 0.2) is 0 Å². The number of amides is 1. The predicted octanol–water partition coefficient (Wildman–Crippen LogP) is 1.46. The summed E-state index contributed by atoms with van der Waals surface area (Å²) in [5.41, 5.74) is -0.0218. The summed E-state index contributed by atoms with van der Waals surface area (Å²) >= 11 is 0. The smallest absolute Gasteiger partial charge is 0.224 e. The van der Waals surface area contributed by atoms with Crippen molar-refractivity contribution < 1.29 is 4.79 Å². The first-order valence-corrected chi connectivity index (χ1v) is 7.72. The lowest BCUT2D eigenvalue weighted by atomic mass is 9.96. The molecule has 1 aliphatic heterocycles. The van der Waals surface area contributed by atoms with Crippen molar-refractivity contribution in [1.29, 1.82) is 0 Å². The van der Waals surface area contributed by atoms with E-state index in [1.165, 1.54) is 25.7 Å². The van der Waals surface area contributed by atoms with E-state index < -0.39 is 0 Å². The molecule has 2 aliphatic rings. The van der Waals surface area contributed by atoms with E-state index >= 15 is 0 Å². The zero-order valence-corrected chi connectivity index (χ0v) is 12.7. The van der Waals surface area contributed by atoms with Gasteiger partial charge in [0.05, 0.1) is 0 Å². The maximum absolute atomic E-state index is 12.5. The van der Waals surface area contributed by atoms with Crippen molar-refractivity contribution in [2.24, 2.45) is 0 Å². The van der Waals surface area contributed by atoms with E-state index in [4.69, 9.17) is 0 Å². The molecule has 2 rings (SSSR count). The molecule has 1 amide bonds. The zero-order chi connectivity index (χ0) is 13.9. The van der Waals surface area contributed by atoms with E-state index in [0.29, 0.717) is 18.4 Å². The summed E-state index contributed by atoms with van der Waals surface area (Å²) in [6.07, 6.45) is 5.58. The molecule has 19 heavy (non-hydrogen) atoms. The SMILES string of the molecule is CN(C(=O)CC(C)(C)N1CCNCC1)C1CCCC1. The van der Waals surface area contributed by atoms with Crippen LogP contribution in [0.1, 0.15) is 46.0 Å². The van der Waals surface area contributed by atoms with E-state index in [1.807, 2.05) is 11.9 Å². The highest BCUT2D eigenvalue weighted by molar-refractivity contribution is 5.77. The van der Waals surface area contributed by atoms with Crippen LogP contribution >= 0.6 is 0 Å². The number of rotatable bonds is 4. The van der Waals surface area contributed by atoms with Crippen LogP contribution in [0, 0.1) is 0 Å². The third kappa shape index (κ3) is 3.69. The van der Waals surface area contributed by atoms with Crippen molar-refractivity contribution in [3.05, 3.63) is 0 Å². The van der Waals surface area contributed by atoms with Crippen molar-refractivity contribution in [3.63, 3.8) is 0 Å². The minimum absolute atomic E-state index is 0.0218. The fourth-order valence-electron chi connectivity index (χ4n) is 3.37. The largest absolute Gasteiger partial charge is 0.343 e. The Hall–Kier alpha value is -0.610. The van der Waals surface area contributed by atoms with Gasteiger partial charge in [-0.2, -0.15) is 0 Å². The summed E-state index contributed by atoms with van der Waals surface area (Å²) in [6.45, 7) is 8.59. The molecule has 2 fully saturated rings. The first kappa shape index (κ1) is 14.8. The van der Waals surface area contributed by atoms with Gasteiger partial charge in [0, 0.05) is 51.2 Å². The molecule has 0 atom stereocenters. The molecule has 0 aromatic heterocycles. The van der Waals surface area contributed by atoms with E-state index in [0.717, 1.165) is 26.2 Å². The maximum Gasteiger partial charge on any atom is 0.224 e. The molecule has 4 nitrogen and oxygen atoms in total. The lowest BCUT2D eigenvalue weighted by Crippen LogP contribution is -2.55. The van der Waals surface area contributed by atoms with Crippen LogP contribution in [0.4, 0.5) is 0 Å². The molecule has 1 saturated carbocycles. The Morgan fingerprint density at radius 2 is 1.84 bits per heavy atom. The normalized spacial score (nSPS) is 22.7. The zero-order valence-electron chi connectivity index (χ0n) is 12.7. The third-order valence-corrected chi connectivity index (χ3v) is 4.82. The number of nitrogens with zero attached hydrogens (tertiary/aromatic N) is 2. The molecular weight excluding hydrogens is 238 g/mol. The second kappa shape index (κ2) is 6.23. The Labute approximate surface area is 117 Å². The van der Waals surface area contributed by atoms with Gasteiger partial charge in [0.15, 0.2) is 0 Å². The molecule has 1 N–H and O–H groups in total. The number of carbonyl (C=O) groups excluding carboxylic acids is 1. The molecule has 0 radical (unpaired) electrons. The second-order valence-corrected chi connectivity index (χ2v) is 6.67. The number of hydrogen-bond donors (Lipinski definition) is 1. The highest BCUT2D eigenvalue weighted by atomic mass is 16.2. The Bertz CT molecular complexity index is 305. The van der Waals surface area contributed by atoms with Crippen LogP contribution in [0.3, 0.4) is 0 Å². The maximum atomic E-state index is 12.5. The van der Waals surface area contributed by atoms with Gasteiger partial charge in [0.2, 0.25) is 5.91 Å². The number of piperazine rings is 1. The van der Waals surface area contributed by atoms with Gasteiger partial charge in [-0.15, -0.1) is 0 Å².